The zero-order chi connectivity index (χ0) is 13.5. The standard InChI is InChI=1S/C16H26N2O/c1-14-10-16(17-8-5-9-19)13-18(11-14)12-15-6-3-2-4-7-15/h2-4,6-7,14,16-17,19H,5,8-13H2,1H3. The van der Waals surface area contributed by atoms with Gasteiger partial charge in [0.1, 0.15) is 0 Å². The molecule has 1 saturated heterocycles. The summed E-state index contributed by atoms with van der Waals surface area (Å²) in [5.41, 5.74) is 1.39. The van der Waals surface area contributed by atoms with Crippen LogP contribution in [0.2, 0.25) is 0 Å². The summed E-state index contributed by atoms with van der Waals surface area (Å²) in [6.07, 6.45) is 2.10. The summed E-state index contributed by atoms with van der Waals surface area (Å²) in [6.45, 7) is 6.88. The Hall–Kier alpha value is -0.900. The summed E-state index contributed by atoms with van der Waals surface area (Å²) in [7, 11) is 0. The highest BCUT2D eigenvalue weighted by Gasteiger charge is 2.24. The van der Waals surface area contributed by atoms with Gasteiger partial charge in [-0.15, -0.1) is 0 Å². The first-order chi connectivity index (χ1) is 9.28. The maximum Gasteiger partial charge on any atom is 0.0443 e. The van der Waals surface area contributed by atoms with Crippen molar-refractivity contribution in [2.45, 2.75) is 32.4 Å². The monoisotopic (exact) mass is 262 g/mol. The van der Waals surface area contributed by atoms with Crippen LogP contribution in [0.5, 0.6) is 0 Å². The molecule has 1 fully saturated rings. The Morgan fingerprint density at radius 3 is 2.79 bits per heavy atom. The lowest BCUT2D eigenvalue weighted by molar-refractivity contribution is 0.141. The van der Waals surface area contributed by atoms with Gasteiger partial charge in [-0.2, -0.15) is 0 Å². The van der Waals surface area contributed by atoms with Crippen LogP contribution >= 0.6 is 0 Å². The highest BCUT2D eigenvalue weighted by atomic mass is 16.3. The van der Waals surface area contributed by atoms with Gasteiger partial charge in [0.15, 0.2) is 0 Å². The van der Waals surface area contributed by atoms with Crippen LogP contribution in [0.1, 0.15) is 25.3 Å². The van der Waals surface area contributed by atoms with Crippen molar-refractivity contribution in [2.24, 2.45) is 5.92 Å². The Kier molecular flexibility index (Phi) is 5.83. The molecule has 1 aliphatic heterocycles. The van der Waals surface area contributed by atoms with E-state index in [0.717, 1.165) is 32.0 Å². The topological polar surface area (TPSA) is 35.5 Å². The number of hydrogen-bond donors (Lipinski definition) is 2. The molecule has 0 amide bonds. The molecule has 3 heteroatoms. The van der Waals surface area contributed by atoms with E-state index in [1.807, 2.05) is 0 Å². The molecule has 1 heterocycles. The molecular formula is C16H26N2O. The van der Waals surface area contributed by atoms with E-state index < -0.39 is 0 Å². The number of aliphatic hydroxyl groups excluding tert-OH is 1. The van der Waals surface area contributed by atoms with Crippen molar-refractivity contribution in [3.8, 4) is 0 Å². The molecule has 0 radical (unpaired) electrons. The molecule has 0 bridgehead atoms. The normalized spacial score (nSPS) is 24.5. The Morgan fingerprint density at radius 1 is 1.26 bits per heavy atom. The van der Waals surface area contributed by atoms with Gasteiger partial charge in [0.2, 0.25) is 0 Å². The lowest BCUT2D eigenvalue weighted by Crippen LogP contribution is -2.48. The van der Waals surface area contributed by atoms with Gasteiger partial charge in [0.05, 0.1) is 0 Å². The van der Waals surface area contributed by atoms with E-state index in [0.29, 0.717) is 6.04 Å². The summed E-state index contributed by atoms with van der Waals surface area (Å²) in [5.74, 6) is 0.740. The SMILES string of the molecule is CC1CC(NCCCO)CN(Cc2ccccc2)C1. The smallest absolute Gasteiger partial charge is 0.0443 e. The van der Waals surface area contributed by atoms with E-state index in [4.69, 9.17) is 5.11 Å². The van der Waals surface area contributed by atoms with Gasteiger partial charge >= 0.3 is 0 Å². The minimum absolute atomic E-state index is 0.281. The van der Waals surface area contributed by atoms with Crippen LogP contribution in [0.4, 0.5) is 0 Å². The van der Waals surface area contributed by atoms with Crippen LogP contribution in [-0.4, -0.2) is 42.3 Å². The maximum absolute atomic E-state index is 8.84. The Bertz CT molecular complexity index is 355. The molecule has 2 N–H and O–H groups in total. The number of piperidine rings is 1. The van der Waals surface area contributed by atoms with Gasteiger partial charge < -0.3 is 10.4 Å². The van der Waals surface area contributed by atoms with Crippen molar-refractivity contribution < 1.29 is 5.11 Å². The molecule has 2 unspecified atom stereocenters. The van der Waals surface area contributed by atoms with E-state index in [1.165, 1.54) is 18.5 Å². The van der Waals surface area contributed by atoms with Gasteiger partial charge in [-0.1, -0.05) is 37.3 Å². The van der Waals surface area contributed by atoms with E-state index in [9.17, 15) is 0 Å². The van der Waals surface area contributed by atoms with Crippen molar-refractivity contribution in [1.29, 1.82) is 0 Å². The number of nitrogens with one attached hydrogen (secondary N) is 1. The van der Waals surface area contributed by atoms with Crippen LogP contribution in [0.3, 0.4) is 0 Å². The molecule has 0 saturated carbocycles. The van der Waals surface area contributed by atoms with Gasteiger partial charge in [0.25, 0.3) is 0 Å². The van der Waals surface area contributed by atoms with Gasteiger partial charge in [-0.05, 0) is 30.9 Å². The molecule has 106 valence electrons. The number of nitrogens with zero attached hydrogens (tertiary/aromatic N) is 1. The minimum Gasteiger partial charge on any atom is -0.396 e. The van der Waals surface area contributed by atoms with Crippen LogP contribution in [-0.2, 0) is 6.54 Å². The molecule has 3 nitrogen and oxygen atoms in total. The summed E-state index contributed by atoms with van der Waals surface area (Å²) in [6, 6.07) is 11.3. The number of likely N-dealkylation sites (tertiary alicyclic amines) is 1. The van der Waals surface area contributed by atoms with Crippen LogP contribution < -0.4 is 5.32 Å². The summed E-state index contributed by atoms with van der Waals surface area (Å²) >= 11 is 0. The third-order valence-electron chi connectivity index (χ3n) is 3.75. The second kappa shape index (κ2) is 7.63. The zero-order valence-electron chi connectivity index (χ0n) is 11.9. The fourth-order valence-corrected chi connectivity index (χ4v) is 2.97. The first kappa shape index (κ1) is 14.5. The van der Waals surface area contributed by atoms with Gasteiger partial charge in [-0.3, -0.25) is 4.90 Å². The Labute approximate surface area is 116 Å². The van der Waals surface area contributed by atoms with E-state index in [1.54, 1.807) is 0 Å². The molecular weight excluding hydrogens is 236 g/mol. The number of aliphatic hydroxyl groups is 1. The molecule has 1 aromatic rings. The molecule has 1 aliphatic rings. The van der Waals surface area contributed by atoms with Crippen LogP contribution in [0.25, 0.3) is 0 Å². The third-order valence-corrected chi connectivity index (χ3v) is 3.75. The van der Waals surface area contributed by atoms with E-state index >= 15 is 0 Å². The van der Waals surface area contributed by atoms with Crippen LogP contribution in [0.15, 0.2) is 30.3 Å². The van der Waals surface area contributed by atoms with Gasteiger partial charge in [0, 0.05) is 32.3 Å². The highest BCUT2D eigenvalue weighted by molar-refractivity contribution is 5.14. The average Bonchev–Trinajstić information content (AvgIpc) is 2.39. The lowest BCUT2D eigenvalue weighted by atomic mass is 9.95. The predicted octanol–water partition coefficient (Wildman–Crippen LogP) is 1.87. The minimum atomic E-state index is 0.281. The summed E-state index contributed by atoms with van der Waals surface area (Å²) in [5, 5.41) is 12.4. The summed E-state index contributed by atoms with van der Waals surface area (Å²) < 4.78 is 0. The zero-order valence-corrected chi connectivity index (χ0v) is 11.9. The van der Waals surface area contributed by atoms with Crippen molar-refractivity contribution in [1.82, 2.24) is 10.2 Å². The average molecular weight is 262 g/mol. The molecule has 0 aromatic heterocycles. The first-order valence-corrected chi connectivity index (χ1v) is 7.38. The number of hydrogen-bond acceptors (Lipinski definition) is 3. The molecule has 2 rings (SSSR count). The first-order valence-electron chi connectivity index (χ1n) is 7.38. The maximum atomic E-state index is 8.84. The molecule has 2 atom stereocenters. The lowest BCUT2D eigenvalue weighted by Gasteiger charge is -2.37. The largest absolute Gasteiger partial charge is 0.396 e. The number of rotatable bonds is 6. The van der Waals surface area contributed by atoms with E-state index in [-0.39, 0.29) is 6.61 Å². The Balaban J connectivity index is 1.83. The molecule has 0 spiro atoms. The quantitative estimate of drug-likeness (QED) is 0.768. The van der Waals surface area contributed by atoms with E-state index in [2.05, 4.69) is 47.5 Å². The number of benzene rings is 1. The van der Waals surface area contributed by atoms with Crippen molar-refractivity contribution in [3.63, 3.8) is 0 Å². The molecule has 0 aliphatic carbocycles. The molecule has 1 aromatic carbocycles. The highest BCUT2D eigenvalue weighted by Crippen LogP contribution is 2.18. The fraction of sp³-hybridized carbons (Fsp3) is 0.625. The van der Waals surface area contributed by atoms with Crippen molar-refractivity contribution in [2.75, 3.05) is 26.2 Å². The van der Waals surface area contributed by atoms with Gasteiger partial charge in [-0.25, -0.2) is 0 Å². The second-order valence-electron chi connectivity index (χ2n) is 5.75. The van der Waals surface area contributed by atoms with Crippen molar-refractivity contribution >= 4 is 0 Å². The van der Waals surface area contributed by atoms with Crippen molar-refractivity contribution in [3.05, 3.63) is 35.9 Å². The fourth-order valence-electron chi connectivity index (χ4n) is 2.97. The Morgan fingerprint density at radius 2 is 2.05 bits per heavy atom. The third kappa shape index (κ3) is 4.94. The summed E-state index contributed by atoms with van der Waals surface area (Å²) in [4.78, 5) is 2.54. The predicted molar refractivity (Wildman–Crippen MR) is 79.0 cm³/mol. The second-order valence-corrected chi connectivity index (χ2v) is 5.75. The molecule has 19 heavy (non-hydrogen) atoms. The van der Waals surface area contributed by atoms with Crippen LogP contribution in [0, 0.1) is 5.92 Å².